The summed E-state index contributed by atoms with van der Waals surface area (Å²) in [5.41, 5.74) is 6.38. The molecule has 27 heavy (non-hydrogen) atoms. The first kappa shape index (κ1) is 17.1. The lowest BCUT2D eigenvalue weighted by Gasteiger charge is -2.10. The summed E-state index contributed by atoms with van der Waals surface area (Å²) in [7, 11) is 0. The zero-order valence-electron chi connectivity index (χ0n) is 15.4. The summed E-state index contributed by atoms with van der Waals surface area (Å²) < 4.78 is 16.7. The Morgan fingerprint density at radius 1 is 1.11 bits per heavy atom. The van der Waals surface area contributed by atoms with Gasteiger partial charge in [0.15, 0.2) is 0 Å². The lowest BCUT2D eigenvalue weighted by molar-refractivity contribution is 0.627. The number of nitrogens with one attached hydrogen (secondary N) is 1. The van der Waals surface area contributed by atoms with Crippen LogP contribution in [0.1, 0.15) is 29.6 Å². The van der Waals surface area contributed by atoms with Crippen LogP contribution in [-0.2, 0) is 13.0 Å². The first-order valence-electron chi connectivity index (χ1n) is 8.81. The lowest BCUT2D eigenvalue weighted by Crippen LogP contribution is -2.07. The van der Waals surface area contributed by atoms with Gasteiger partial charge in [-0.05, 0) is 50.6 Å². The molecule has 4 aromatic rings. The maximum Gasteiger partial charge on any atom is 0.200 e. The smallest absolute Gasteiger partial charge is 0.200 e. The zero-order valence-corrected chi connectivity index (χ0v) is 15.4. The Bertz CT molecular complexity index is 1100. The minimum Gasteiger partial charge on any atom is -0.378 e. The third kappa shape index (κ3) is 3.14. The highest BCUT2D eigenvalue weighted by molar-refractivity contribution is 5.66. The van der Waals surface area contributed by atoms with E-state index in [2.05, 4.69) is 32.6 Å². The highest BCUT2D eigenvalue weighted by Crippen LogP contribution is 2.21. The molecule has 1 aromatic carbocycles. The minimum absolute atomic E-state index is 0.260. The normalized spacial score (nSPS) is 11.3. The number of anilines is 1. The molecule has 0 amide bonds. The fourth-order valence-corrected chi connectivity index (χ4v) is 3.13. The van der Waals surface area contributed by atoms with Crippen molar-refractivity contribution in [3.8, 4) is 5.69 Å². The van der Waals surface area contributed by atoms with Crippen LogP contribution < -0.4 is 5.32 Å². The molecule has 0 fully saturated rings. The van der Waals surface area contributed by atoms with Crippen molar-refractivity contribution in [2.75, 3.05) is 5.32 Å². The van der Waals surface area contributed by atoms with E-state index >= 15 is 0 Å². The SMILES string of the molecule is CCc1cc(NCc2c(C)nn(-c3ccc(F)cc3)c2C)c2nncn2n1. The monoisotopic (exact) mass is 365 g/mol. The summed E-state index contributed by atoms with van der Waals surface area (Å²) in [5, 5.41) is 20.6. The number of aryl methyl sites for hydroxylation is 2. The molecule has 0 unspecified atom stereocenters. The molecule has 0 bridgehead atoms. The van der Waals surface area contributed by atoms with Gasteiger partial charge in [-0.1, -0.05) is 6.92 Å². The second-order valence-corrected chi connectivity index (χ2v) is 6.39. The molecule has 4 rings (SSSR count). The molecule has 1 N–H and O–H groups in total. The number of hydrogen-bond acceptors (Lipinski definition) is 5. The zero-order chi connectivity index (χ0) is 19.0. The van der Waals surface area contributed by atoms with Gasteiger partial charge < -0.3 is 5.32 Å². The molecule has 0 saturated carbocycles. The maximum atomic E-state index is 13.2. The van der Waals surface area contributed by atoms with E-state index in [1.54, 1.807) is 23.0 Å². The molecular weight excluding hydrogens is 345 g/mol. The van der Waals surface area contributed by atoms with Crippen LogP contribution in [0.3, 0.4) is 0 Å². The van der Waals surface area contributed by atoms with Gasteiger partial charge in [-0.25, -0.2) is 9.07 Å². The summed E-state index contributed by atoms with van der Waals surface area (Å²) >= 11 is 0. The Morgan fingerprint density at radius 2 is 1.89 bits per heavy atom. The van der Waals surface area contributed by atoms with Gasteiger partial charge in [-0.3, -0.25) is 0 Å². The predicted octanol–water partition coefficient (Wildman–Crippen LogP) is 3.24. The van der Waals surface area contributed by atoms with Gasteiger partial charge in [-0.2, -0.15) is 14.7 Å². The number of fused-ring (bicyclic) bond motifs is 1. The van der Waals surface area contributed by atoms with Crippen LogP contribution in [0.25, 0.3) is 11.3 Å². The van der Waals surface area contributed by atoms with Gasteiger partial charge >= 0.3 is 0 Å². The van der Waals surface area contributed by atoms with E-state index in [4.69, 9.17) is 0 Å². The van der Waals surface area contributed by atoms with Gasteiger partial charge in [-0.15, -0.1) is 10.2 Å². The van der Waals surface area contributed by atoms with E-state index < -0.39 is 0 Å². The highest BCUT2D eigenvalue weighted by Gasteiger charge is 2.14. The van der Waals surface area contributed by atoms with E-state index in [-0.39, 0.29) is 5.82 Å². The number of aromatic nitrogens is 6. The number of rotatable bonds is 5. The quantitative estimate of drug-likeness (QED) is 0.588. The van der Waals surface area contributed by atoms with Gasteiger partial charge in [0, 0.05) is 17.8 Å². The van der Waals surface area contributed by atoms with Crippen LogP contribution in [0.2, 0.25) is 0 Å². The Balaban J connectivity index is 1.64. The number of halogens is 1. The Kier molecular flexibility index (Phi) is 4.31. The molecule has 0 aliphatic carbocycles. The number of hydrogen-bond donors (Lipinski definition) is 1. The van der Waals surface area contributed by atoms with Crippen LogP contribution >= 0.6 is 0 Å². The number of nitrogens with zero attached hydrogens (tertiary/aromatic N) is 6. The van der Waals surface area contributed by atoms with Crippen molar-refractivity contribution in [3.63, 3.8) is 0 Å². The molecule has 8 heteroatoms. The van der Waals surface area contributed by atoms with Gasteiger partial charge in [0.25, 0.3) is 0 Å². The Hall–Kier alpha value is -3.29. The van der Waals surface area contributed by atoms with Crippen molar-refractivity contribution in [1.29, 1.82) is 0 Å². The summed E-state index contributed by atoms with van der Waals surface area (Å²) in [6.45, 7) is 6.63. The average molecular weight is 365 g/mol. The topological polar surface area (TPSA) is 72.9 Å². The fourth-order valence-electron chi connectivity index (χ4n) is 3.13. The van der Waals surface area contributed by atoms with Crippen molar-refractivity contribution in [1.82, 2.24) is 29.6 Å². The maximum absolute atomic E-state index is 13.2. The van der Waals surface area contributed by atoms with Gasteiger partial charge in [0.2, 0.25) is 5.65 Å². The summed E-state index contributed by atoms with van der Waals surface area (Å²) in [6, 6.07) is 8.33. The van der Waals surface area contributed by atoms with Crippen LogP contribution in [-0.4, -0.2) is 29.6 Å². The highest BCUT2D eigenvalue weighted by atomic mass is 19.1. The van der Waals surface area contributed by atoms with E-state index in [0.29, 0.717) is 12.2 Å². The summed E-state index contributed by atoms with van der Waals surface area (Å²) in [4.78, 5) is 0. The first-order chi connectivity index (χ1) is 13.1. The molecular formula is C19H20FN7. The first-order valence-corrected chi connectivity index (χ1v) is 8.81. The standard InChI is InChI=1S/C19H20FN7/c1-4-15-9-18(19-23-22-11-26(19)25-15)21-10-17-12(2)24-27(13(17)3)16-7-5-14(20)6-8-16/h5-9,11,21H,4,10H2,1-3H3. The van der Waals surface area contributed by atoms with Crippen molar-refractivity contribution in [2.24, 2.45) is 0 Å². The van der Waals surface area contributed by atoms with Crippen LogP contribution in [0.5, 0.6) is 0 Å². The molecule has 0 saturated heterocycles. The molecule has 0 spiro atoms. The minimum atomic E-state index is -0.260. The van der Waals surface area contributed by atoms with E-state index in [0.717, 1.165) is 40.4 Å². The second kappa shape index (κ2) is 6.79. The molecule has 0 aliphatic heterocycles. The third-order valence-electron chi connectivity index (χ3n) is 4.65. The van der Waals surface area contributed by atoms with E-state index in [1.165, 1.54) is 12.1 Å². The molecule has 7 nitrogen and oxygen atoms in total. The number of benzene rings is 1. The van der Waals surface area contributed by atoms with E-state index in [9.17, 15) is 4.39 Å². The van der Waals surface area contributed by atoms with Crippen molar-refractivity contribution < 1.29 is 4.39 Å². The lowest BCUT2D eigenvalue weighted by atomic mass is 10.2. The largest absolute Gasteiger partial charge is 0.378 e. The average Bonchev–Trinajstić information content (AvgIpc) is 3.25. The Labute approximate surface area is 155 Å². The second-order valence-electron chi connectivity index (χ2n) is 6.39. The van der Waals surface area contributed by atoms with Crippen molar-refractivity contribution >= 4 is 11.3 Å². The molecule has 0 atom stereocenters. The van der Waals surface area contributed by atoms with Gasteiger partial charge in [0.05, 0.1) is 22.8 Å². The van der Waals surface area contributed by atoms with Crippen molar-refractivity contribution in [2.45, 2.75) is 33.7 Å². The fraction of sp³-hybridized carbons (Fsp3) is 0.263. The van der Waals surface area contributed by atoms with Crippen molar-refractivity contribution in [3.05, 3.63) is 65.1 Å². The van der Waals surface area contributed by atoms with Crippen LogP contribution in [0.15, 0.2) is 36.7 Å². The molecule has 0 radical (unpaired) electrons. The molecule has 3 heterocycles. The summed E-state index contributed by atoms with van der Waals surface area (Å²) in [6.07, 6.45) is 2.42. The molecule has 138 valence electrons. The van der Waals surface area contributed by atoms with Crippen LogP contribution in [0.4, 0.5) is 10.1 Å². The van der Waals surface area contributed by atoms with Gasteiger partial charge in [0.1, 0.15) is 12.1 Å². The summed E-state index contributed by atoms with van der Waals surface area (Å²) in [5.74, 6) is -0.260. The molecule has 0 aliphatic rings. The van der Waals surface area contributed by atoms with Crippen LogP contribution in [0, 0.1) is 19.7 Å². The molecule has 3 aromatic heterocycles. The third-order valence-corrected chi connectivity index (χ3v) is 4.65. The van der Waals surface area contributed by atoms with E-state index in [1.807, 2.05) is 24.6 Å². The predicted molar refractivity (Wildman–Crippen MR) is 100 cm³/mol. The Morgan fingerprint density at radius 3 is 2.63 bits per heavy atom.